The van der Waals surface area contributed by atoms with Crippen molar-refractivity contribution in [2.75, 3.05) is 12.0 Å². The minimum absolute atomic E-state index is 0.0473. The van der Waals surface area contributed by atoms with Gasteiger partial charge in [-0.15, -0.1) is 12.6 Å². The van der Waals surface area contributed by atoms with E-state index < -0.39 is 9.84 Å². The zero-order valence-corrected chi connectivity index (χ0v) is 12.1. The Morgan fingerprint density at radius 2 is 1.89 bits per heavy atom. The van der Waals surface area contributed by atoms with Crippen LogP contribution in [-0.4, -0.2) is 32.4 Å². The average Bonchev–Trinajstić information content (AvgIpc) is 2.18. The van der Waals surface area contributed by atoms with Gasteiger partial charge in [0.1, 0.15) is 9.84 Å². The first-order chi connectivity index (χ1) is 8.26. The molecule has 1 atom stereocenters. The highest BCUT2D eigenvalue weighted by molar-refractivity contribution is 7.90. The quantitative estimate of drug-likeness (QED) is 0.796. The molecule has 1 amide bonds. The topological polar surface area (TPSA) is 63.2 Å². The number of nitrogens with one attached hydrogen (secondary N) is 1. The van der Waals surface area contributed by atoms with Crippen LogP contribution in [0.2, 0.25) is 0 Å². The lowest BCUT2D eigenvalue weighted by Gasteiger charge is -2.12. The fourth-order valence-electron chi connectivity index (χ4n) is 1.62. The summed E-state index contributed by atoms with van der Waals surface area (Å²) >= 11 is 4.16. The summed E-state index contributed by atoms with van der Waals surface area (Å²) < 4.78 is 22.1. The number of hydrogen-bond acceptors (Lipinski definition) is 4. The van der Waals surface area contributed by atoms with E-state index in [4.69, 9.17) is 0 Å². The molecular weight excluding hydrogens is 270 g/mol. The standard InChI is InChI=1S/C12H17NO3S2/c1-9(8-18(2,15)16)13-12(14)7-10-3-5-11(17)6-4-10/h3-6,9,17H,7-8H2,1-2H3,(H,13,14). The number of rotatable bonds is 5. The van der Waals surface area contributed by atoms with Gasteiger partial charge in [0.05, 0.1) is 12.2 Å². The molecule has 4 nitrogen and oxygen atoms in total. The Bertz CT molecular complexity index is 509. The molecule has 0 heterocycles. The second kappa shape index (κ2) is 6.24. The first-order valence-electron chi connectivity index (χ1n) is 5.51. The van der Waals surface area contributed by atoms with Crippen LogP contribution in [-0.2, 0) is 21.1 Å². The summed E-state index contributed by atoms with van der Waals surface area (Å²) in [6.07, 6.45) is 1.39. The first-order valence-corrected chi connectivity index (χ1v) is 8.02. The largest absolute Gasteiger partial charge is 0.352 e. The van der Waals surface area contributed by atoms with Gasteiger partial charge in [-0.05, 0) is 24.6 Å². The van der Waals surface area contributed by atoms with E-state index in [-0.39, 0.29) is 24.1 Å². The summed E-state index contributed by atoms with van der Waals surface area (Å²) in [7, 11) is -3.07. The van der Waals surface area contributed by atoms with Crippen molar-refractivity contribution in [2.24, 2.45) is 0 Å². The molecule has 0 saturated heterocycles. The average molecular weight is 287 g/mol. The number of thiol groups is 1. The predicted molar refractivity (Wildman–Crippen MR) is 74.7 cm³/mol. The summed E-state index contributed by atoms with van der Waals surface area (Å²) in [6, 6.07) is 6.89. The Balaban J connectivity index is 2.49. The minimum atomic E-state index is -3.07. The van der Waals surface area contributed by atoms with Crippen molar-refractivity contribution in [3.05, 3.63) is 29.8 Å². The molecule has 0 aromatic heterocycles. The molecule has 1 unspecified atom stereocenters. The second-order valence-corrected chi connectivity index (χ2v) is 7.11. The summed E-state index contributed by atoms with van der Waals surface area (Å²) in [5.41, 5.74) is 0.872. The van der Waals surface area contributed by atoms with Crippen LogP contribution in [0, 0.1) is 0 Å². The fourth-order valence-corrected chi connectivity index (χ4v) is 2.76. The van der Waals surface area contributed by atoms with Crippen LogP contribution in [0.4, 0.5) is 0 Å². The lowest BCUT2D eigenvalue weighted by Crippen LogP contribution is -2.38. The molecule has 0 aliphatic rings. The summed E-state index contributed by atoms with van der Waals surface area (Å²) in [5.74, 6) is -0.230. The van der Waals surface area contributed by atoms with E-state index in [0.717, 1.165) is 16.7 Å². The SMILES string of the molecule is CC(CS(C)(=O)=O)NC(=O)Cc1ccc(S)cc1. The van der Waals surface area contributed by atoms with Crippen molar-refractivity contribution in [3.8, 4) is 0 Å². The zero-order valence-electron chi connectivity index (χ0n) is 10.4. The molecule has 0 aliphatic carbocycles. The molecule has 0 bridgehead atoms. The number of amides is 1. The monoisotopic (exact) mass is 287 g/mol. The van der Waals surface area contributed by atoms with Gasteiger partial charge in [-0.25, -0.2) is 8.42 Å². The first kappa shape index (κ1) is 15.0. The maximum atomic E-state index is 11.7. The van der Waals surface area contributed by atoms with Crippen LogP contribution < -0.4 is 5.32 Å². The molecule has 0 radical (unpaired) electrons. The molecule has 0 aliphatic heterocycles. The van der Waals surface area contributed by atoms with Gasteiger partial charge in [-0.1, -0.05) is 12.1 Å². The molecule has 1 aromatic carbocycles. The number of hydrogen-bond donors (Lipinski definition) is 2. The minimum Gasteiger partial charge on any atom is -0.352 e. The van der Waals surface area contributed by atoms with E-state index in [1.54, 1.807) is 6.92 Å². The van der Waals surface area contributed by atoms with Crippen molar-refractivity contribution < 1.29 is 13.2 Å². The van der Waals surface area contributed by atoms with Crippen molar-refractivity contribution in [1.29, 1.82) is 0 Å². The van der Waals surface area contributed by atoms with Gasteiger partial charge in [0.25, 0.3) is 0 Å². The Kier molecular flexibility index (Phi) is 5.22. The molecular formula is C12H17NO3S2. The Morgan fingerprint density at radius 3 is 2.39 bits per heavy atom. The molecule has 6 heteroatoms. The number of carbonyl (C=O) groups is 1. The van der Waals surface area contributed by atoms with E-state index in [9.17, 15) is 13.2 Å². The predicted octanol–water partition coefficient (Wildman–Crippen LogP) is 1.07. The second-order valence-electron chi connectivity index (χ2n) is 4.40. The van der Waals surface area contributed by atoms with Crippen LogP contribution in [0.15, 0.2) is 29.2 Å². The van der Waals surface area contributed by atoms with Crippen LogP contribution in [0.3, 0.4) is 0 Å². The molecule has 100 valence electrons. The van der Waals surface area contributed by atoms with Gasteiger partial charge in [-0.2, -0.15) is 0 Å². The summed E-state index contributed by atoms with van der Waals surface area (Å²) in [4.78, 5) is 12.5. The number of sulfone groups is 1. The van der Waals surface area contributed by atoms with Crippen molar-refractivity contribution in [2.45, 2.75) is 24.3 Å². The van der Waals surface area contributed by atoms with Crippen molar-refractivity contribution in [1.82, 2.24) is 5.32 Å². The van der Waals surface area contributed by atoms with E-state index in [2.05, 4.69) is 17.9 Å². The van der Waals surface area contributed by atoms with Gasteiger partial charge in [-0.3, -0.25) is 4.79 Å². The Labute approximate surface area is 113 Å². The normalized spacial score (nSPS) is 13.1. The van der Waals surface area contributed by atoms with Crippen molar-refractivity contribution >= 4 is 28.4 Å². The van der Waals surface area contributed by atoms with Gasteiger partial charge in [0, 0.05) is 17.2 Å². The molecule has 1 N–H and O–H groups in total. The van der Waals surface area contributed by atoms with Gasteiger partial charge >= 0.3 is 0 Å². The summed E-state index contributed by atoms with van der Waals surface area (Å²) in [5, 5.41) is 2.66. The number of benzene rings is 1. The van der Waals surface area contributed by atoms with Crippen LogP contribution in [0.1, 0.15) is 12.5 Å². The maximum Gasteiger partial charge on any atom is 0.224 e. The van der Waals surface area contributed by atoms with E-state index in [0.29, 0.717) is 0 Å². The summed E-state index contributed by atoms with van der Waals surface area (Å²) in [6.45, 7) is 1.68. The van der Waals surface area contributed by atoms with Crippen LogP contribution in [0.5, 0.6) is 0 Å². The molecule has 1 aromatic rings. The lowest BCUT2D eigenvalue weighted by molar-refractivity contribution is -0.120. The third-order valence-electron chi connectivity index (χ3n) is 2.26. The highest BCUT2D eigenvalue weighted by atomic mass is 32.2. The molecule has 18 heavy (non-hydrogen) atoms. The fraction of sp³-hybridized carbons (Fsp3) is 0.417. The lowest BCUT2D eigenvalue weighted by atomic mass is 10.1. The Morgan fingerprint density at radius 1 is 1.33 bits per heavy atom. The van der Waals surface area contributed by atoms with Crippen LogP contribution in [0.25, 0.3) is 0 Å². The maximum absolute atomic E-state index is 11.7. The van der Waals surface area contributed by atoms with Gasteiger partial charge < -0.3 is 5.32 Å². The van der Waals surface area contributed by atoms with Gasteiger partial charge in [0.15, 0.2) is 0 Å². The Hall–Kier alpha value is -1.01. The molecule has 1 rings (SSSR count). The molecule has 0 spiro atoms. The third kappa shape index (κ3) is 6.07. The molecule has 0 saturated carbocycles. The molecule has 0 fully saturated rings. The van der Waals surface area contributed by atoms with Crippen LogP contribution >= 0.6 is 12.6 Å². The zero-order chi connectivity index (χ0) is 13.8. The van der Waals surface area contributed by atoms with E-state index >= 15 is 0 Å². The van der Waals surface area contributed by atoms with E-state index in [1.807, 2.05) is 24.3 Å². The van der Waals surface area contributed by atoms with Gasteiger partial charge in [0.2, 0.25) is 5.91 Å². The van der Waals surface area contributed by atoms with Crippen molar-refractivity contribution in [3.63, 3.8) is 0 Å². The number of carbonyl (C=O) groups excluding carboxylic acids is 1. The highest BCUT2D eigenvalue weighted by Gasteiger charge is 2.13. The smallest absolute Gasteiger partial charge is 0.224 e. The highest BCUT2D eigenvalue weighted by Crippen LogP contribution is 2.08. The third-order valence-corrected chi connectivity index (χ3v) is 3.66. The van der Waals surface area contributed by atoms with E-state index in [1.165, 1.54) is 0 Å².